The van der Waals surface area contributed by atoms with E-state index in [0.717, 1.165) is 16.5 Å². The molecule has 0 bridgehead atoms. The predicted octanol–water partition coefficient (Wildman–Crippen LogP) is 2.28. The highest BCUT2D eigenvalue weighted by Crippen LogP contribution is 2.23. The van der Waals surface area contributed by atoms with E-state index in [1.807, 2.05) is 30.3 Å². The Morgan fingerprint density at radius 2 is 2.05 bits per heavy atom. The normalized spacial score (nSPS) is 10.7. The van der Waals surface area contributed by atoms with Crippen molar-refractivity contribution in [3.05, 3.63) is 47.8 Å². The number of hydrogen-bond donors (Lipinski definition) is 2. The van der Waals surface area contributed by atoms with E-state index in [0.29, 0.717) is 11.5 Å². The van der Waals surface area contributed by atoms with Gasteiger partial charge in [-0.15, -0.1) is 0 Å². The number of nitrogens with two attached hydrogens (primary N) is 1. The van der Waals surface area contributed by atoms with Gasteiger partial charge in [0.15, 0.2) is 5.82 Å². The van der Waals surface area contributed by atoms with Crippen LogP contribution >= 0.6 is 0 Å². The number of nitrogen functional groups attached to an aromatic ring is 1. The smallest absolute Gasteiger partial charge is 0.341 e. The van der Waals surface area contributed by atoms with Crippen LogP contribution in [0, 0.1) is 6.92 Å². The molecule has 0 spiro atoms. The lowest BCUT2D eigenvalue weighted by Gasteiger charge is -2.08. The van der Waals surface area contributed by atoms with Crippen LogP contribution in [0.5, 0.6) is 0 Å². The fraction of sp³-hybridized carbons (Fsp3) is 0.0667. The number of nitrogens with zero attached hydrogens (tertiary/aromatic N) is 3. The summed E-state index contributed by atoms with van der Waals surface area (Å²) in [6.07, 6.45) is 1.72. The minimum absolute atomic E-state index is 0.0312. The highest BCUT2D eigenvalue weighted by Gasteiger charge is 2.16. The molecule has 3 aromatic rings. The van der Waals surface area contributed by atoms with E-state index in [4.69, 9.17) is 10.8 Å². The molecule has 0 fully saturated rings. The van der Waals surface area contributed by atoms with Crippen LogP contribution < -0.4 is 5.73 Å². The molecule has 0 saturated heterocycles. The number of carboxylic acids is 1. The average Bonchev–Trinajstić information content (AvgIpc) is 2.45. The first-order chi connectivity index (χ1) is 10.1. The summed E-state index contributed by atoms with van der Waals surface area (Å²) in [6, 6.07) is 9.39. The van der Waals surface area contributed by atoms with E-state index in [-0.39, 0.29) is 11.4 Å². The van der Waals surface area contributed by atoms with E-state index >= 15 is 0 Å². The van der Waals surface area contributed by atoms with Crippen LogP contribution in [0.3, 0.4) is 0 Å². The number of pyridine rings is 1. The molecule has 2 aromatic heterocycles. The van der Waals surface area contributed by atoms with Gasteiger partial charge in [0.1, 0.15) is 11.4 Å². The van der Waals surface area contributed by atoms with Crippen molar-refractivity contribution in [3.8, 4) is 11.4 Å². The SMILES string of the molecule is Cc1nc(-c2ccc3ncccc3c2)nc(N)c1C(=O)O. The third-order valence-electron chi connectivity index (χ3n) is 3.19. The number of carbonyl (C=O) groups is 1. The maximum Gasteiger partial charge on any atom is 0.341 e. The number of aromatic carboxylic acids is 1. The molecular formula is C15H12N4O2. The Labute approximate surface area is 120 Å². The molecule has 3 N–H and O–H groups in total. The first kappa shape index (κ1) is 13.0. The molecule has 3 rings (SSSR count). The largest absolute Gasteiger partial charge is 0.477 e. The quantitative estimate of drug-likeness (QED) is 0.746. The highest BCUT2D eigenvalue weighted by atomic mass is 16.4. The number of rotatable bonds is 2. The van der Waals surface area contributed by atoms with Crippen LogP contribution in [0.15, 0.2) is 36.5 Å². The molecule has 0 aliphatic rings. The lowest BCUT2D eigenvalue weighted by Crippen LogP contribution is -2.10. The Morgan fingerprint density at radius 3 is 2.76 bits per heavy atom. The van der Waals surface area contributed by atoms with Crippen molar-refractivity contribution in [2.24, 2.45) is 0 Å². The van der Waals surface area contributed by atoms with Crippen LogP contribution in [0.2, 0.25) is 0 Å². The van der Waals surface area contributed by atoms with Crippen molar-refractivity contribution in [3.63, 3.8) is 0 Å². The monoisotopic (exact) mass is 280 g/mol. The van der Waals surface area contributed by atoms with Gasteiger partial charge in [0, 0.05) is 17.1 Å². The summed E-state index contributed by atoms with van der Waals surface area (Å²) >= 11 is 0. The molecule has 0 amide bonds. The van der Waals surface area contributed by atoms with Crippen molar-refractivity contribution < 1.29 is 9.90 Å². The van der Waals surface area contributed by atoms with Gasteiger partial charge in [0.05, 0.1) is 11.2 Å². The van der Waals surface area contributed by atoms with Gasteiger partial charge in [0.2, 0.25) is 0 Å². The summed E-state index contributed by atoms with van der Waals surface area (Å²) in [5.74, 6) is -0.753. The molecule has 1 aromatic carbocycles. The molecule has 21 heavy (non-hydrogen) atoms. The summed E-state index contributed by atoms with van der Waals surface area (Å²) in [5, 5.41) is 10.0. The molecule has 0 unspecified atom stereocenters. The van der Waals surface area contributed by atoms with Crippen molar-refractivity contribution in [1.29, 1.82) is 0 Å². The van der Waals surface area contributed by atoms with Gasteiger partial charge in [0.25, 0.3) is 0 Å². The number of fused-ring (bicyclic) bond motifs is 1. The number of benzene rings is 1. The summed E-state index contributed by atoms with van der Waals surface area (Å²) in [5.41, 5.74) is 7.65. The molecule has 0 atom stereocenters. The molecule has 0 saturated carbocycles. The lowest BCUT2D eigenvalue weighted by molar-refractivity contribution is 0.0696. The fourth-order valence-electron chi connectivity index (χ4n) is 2.20. The predicted molar refractivity (Wildman–Crippen MR) is 78.9 cm³/mol. The zero-order valence-electron chi connectivity index (χ0n) is 11.2. The minimum atomic E-state index is -1.13. The zero-order chi connectivity index (χ0) is 15.0. The molecule has 6 nitrogen and oxygen atoms in total. The first-order valence-corrected chi connectivity index (χ1v) is 6.29. The first-order valence-electron chi connectivity index (χ1n) is 6.29. The number of anilines is 1. The van der Waals surface area contributed by atoms with Gasteiger partial charge in [-0.1, -0.05) is 6.07 Å². The topological polar surface area (TPSA) is 102 Å². The van der Waals surface area contributed by atoms with Gasteiger partial charge in [-0.05, 0) is 31.2 Å². The Hall–Kier alpha value is -3.02. The summed E-state index contributed by atoms with van der Waals surface area (Å²) in [4.78, 5) is 23.7. The van der Waals surface area contributed by atoms with Gasteiger partial charge < -0.3 is 10.8 Å². The Balaban J connectivity index is 2.16. The number of aromatic nitrogens is 3. The van der Waals surface area contributed by atoms with E-state index in [9.17, 15) is 4.79 Å². The lowest BCUT2D eigenvalue weighted by atomic mass is 10.1. The molecule has 2 heterocycles. The fourth-order valence-corrected chi connectivity index (χ4v) is 2.20. The van der Waals surface area contributed by atoms with Gasteiger partial charge in [-0.25, -0.2) is 14.8 Å². The van der Waals surface area contributed by atoms with Crippen molar-refractivity contribution in [2.45, 2.75) is 6.92 Å². The maximum atomic E-state index is 11.1. The van der Waals surface area contributed by atoms with Crippen molar-refractivity contribution >= 4 is 22.7 Å². The Morgan fingerprint density at radius 1 is 1.24 bits per heavy atom. The van der Waals surface area contributed by atoms with Crippen molar-refractivity contribution in [1.82, 2.24) is 15.0 Å². The third-order valence-corrected chi connectivity index (χ3v) is 3.19. The number of hydrogen-bond acceptors (Lipinski definition) is 5. The Kier molecular flexibility index (Phi) is 2.98. The van der Waals surface area contributed by atoms with Crippen LogP contribution in [0.25, 0.3) is 22.3 Å². The van der Waals surface area contributed by atoms with Crippen LogP contribution in [0.4, 0.5) is 5.82 Å². The number of aryl methyl sites for hydroxylation is 1. The second kappa shape index (κ2) is 4.82. The zero-order valence-corrected chi connectivity index (χ0v) is 11.2. The summed E-state index contributed by atoms with van der Waals surface area (Å²) < 4.78 is 0. The van der Waals surface area contributed by atoms with E-state index < -0.39 is 5.97 Å². The molecule has 0 radical (unpaired) electrons. The van der Waals surface area contributed by atoms with Crippen molar-refractivity contribution in [2.75, 3.05) is 5.73 Å². The standard InChI is InChI=1S/C15H12N4O2/c1-8-12(15(20)21)13(16)19-14(18-8)10-4-5-11-9(7-10)3-2-6-17-11/h2-7H,1H3,(H,20,21)(H2,16,18,19). The highest BCUT2D eigenvalue weighted by molar-refractivity contribution is 5.94. The van der Waals surface area contributed by atoms with Gasteiger partial charge in [-0.3, -0.25) is 4.98 Å². The minimum Gasteiger partial charge on any atom is -0.477 e. The van der Waals surface area contributed by atoms with E-state index in [1.54, 1.807) is 13.1 Å². The van der Waals surface area contributed by atoms with Crippen LogP contribution in [-0.4, -0.2) is 26.0 Å². The van der Waals surface area contributed by atoms with E-state index in [2.05, 4.69) is 15.0 Å². The van der Waals surface area contributed by atoms with Crippen LogP contribution in [0.1, 0.15) is 16.1 Å². The second-order valence-corrected chi connectivity index (χ2v) is 4.61. The molecule has 0 aliphatic heterocycles. The van der Waals surface area contributed by atoms with Crippen LogP contribution in [-0.2, 0) is 0 Å². The molecule has 6 heteroatoms. The average molecular weight is 280 g/mol. The second-order valence-electron chi connectivity index (χ2n) is 4.61. The summed E-state index contributed by atoms with van der Waals surface area (Å²) in [7, 11) is 0. The van der Waals surface area contributed by atoms with Gasteiger partial charge in [-0.2, -0.15) is 0 Å². The Bertz CT molecular complexity index is 838. The third kappa shape index (κ3) is 2.27. The van der Waals surface area contributed by atoms with E-state index in [1.165, 1.54) is 0 Å². The molecule has 0 aliphatic carbocycles. The molecular weight excluding hydrogens is 268 g/mol. The maximum absolute atomic E-state index is 11.1. The van der Waals surface area contributed by atoms with Gasteiger partial charge >= 0.3 is 5.97 Å². The summed E-state index contributed by atoms with van der Waals surface area (Å²) in [6.45, 7) is 1.60. The molecule has 104 valence electrons. The number of carboxylic acid groups (broad SMARTS) is 1.